The molecule has 0 heterocycles. The summed E-state index contributed by atoms with van der Waals surface area (Å²) < 4.78 is 31.0. The second-order valence-corrected chi connectivity index (χ2v) is 3.34. The Morgan fingerprint density at radius 3 is 2.38 bits per heavy atom. The number of rotatable bonds is 5. The Kier molecular flexibility index (Phi) is 4.22. The number of hydrogen-bond acceptors (Lipinski definition) is 2. The minimum atomic E-state index is -0.922. The maximum absolute atomic E-state index is 13.2. The van der Waals surface area contributed by atoms with Crippen molar-refractivity contribution in [2.24, 2.45) is 0 Å². The van der Waals surface area contributed by atoms with Crippen molar-refractivity contribution in [3.8, 4) is 5.75 Å². The lowest BCUT2D eigenvalue weighted by molar-refractivity contribution is -0.137. The first kappa shape index (κ1) is 12.4. The van der Waals surface area contributed by atoms with Crippen molar-refractivity contribution in [2.45, 2.75) is 19.3 Å². The molecule has 5 heteroatoms. The fourth-order valence-electron chi connectivity index (χ4n) is 1.40. The predicted molar refractivity (Wildman–Crippen MR) is 53.5 cm³/mol. The van der Waals surface area contributed by atoms with Crippen LogP contribution in [0, 0.1) is 11.6 Å². The third-order valence-electron chi connectivity index (χ3n) is 2.12. The van der Waals surface area contributed by atoms with Crippen molar-refractivity contribution in [1.29, 1.82) is 0 Å². The molecule has 0 aliphatic rings. The van der Waals surface area contributed by atoms with Gasteiger partial charge in [0.2, 0.25) is 0 Å². The topological polar surface area (TPSA) is 46.5 Å². The number of methoxy groups -OCH3 is 1. The van der Waals surface area contributed by atoms with E-state index in [0.717, 1.165) is 12.1 Å². The maximum atomic E-state index is 13.2. The largest absolute Gasteiger partial charge is 0.491 e. The summed E-state index contributed by atoms with van der Waals surface area (Å²) in [5.74, 6) is -2.88. The van der Waals surface area contributed by atoms with Gasteiger partial charge in [-0.1, -0.05) is 0 Å². The van der Waals surface area contributed by atoms with Gasteiger partial charge in [0, 0.05) is 6.42 Å². The molecular formula is C11H12F2O3. The maximum Gasteiger partial charge on any atom is 0.303 e. The highest BCUT2D eigenvalue weighted by molar-refractivity contribution is 5.66. The van der Waals surface area contributed by atoms with E-state index in [9.17, 15) is 13.6 Å². The molecule has 0 aliphatic heterocycles. The molecular weight excluding hydrogens is 218 g/mol. The average molecular weight is 230 g/mol. The molecule has 0 amide bonds. The zero-order valence-corrected chi connectivity index (χ0v) is 8.80. The third kappa shape index (κ3) is 3.18. The lowest BCUT2D eigenvalue weighted by Gasteiger charge is -2.06. The van der Waals surface area contributed by atoms with Crippen molar-refractivity contribution in [3.63, 3.8) is 0 Å². The molecule has 0 aliphatic carbocycles. The van der Waals surface area contributed by atoms with Crippen LogP contribution in [0.25, 0.3) is 0 Å². The average Bonchev–Trinajstić information content (AvgIpc) is 2.16. The summed E-state index contributed by atoms with van der Waals surface area (Å²) in [6.07, 6.45) is 0.653. The van der Waals surface area contributed by atoms with Gasteiger partial charge in [0.15, 0.2) is 17.4 Å². The smallest absolute Gasteiger partial charge is 0.303 e. The number of carboxylic acids is 1. The zero-order valence-electron chi connectivity index (χ0n) is 8.80. The van der Waals surface area contributed by atoms with Gasteiger partial charge in [-0.05, 0) is 30.5 Å². The molecule has 0 saturated carbocycles. The van der Waals surface area contributed by atoms with E-state index < -0.39 is 23.4 Å². The summed E-state index contributed by atoms with van der Waals surface area (Å²) in [5, 5.41) is 8.41. The van der Waals surface area contributed by atoms with Gasteiger partial charge in [-0.2, -0.15) is 0 Å². The van der Waals surface area contributed by atoms with E-state index >= 15 is 0 Å². The molecule has 0 saturated heterocycles. The van der Waals surface area contributed by atoms with E-state index in [1.165, 1.54) is 7.11 Å². The van der Waals surface area contributed by atoms with Crippen LogP contribution in [-0.4, -0.2) is 18.2 Å². The highest BCUT2D eigenvalue weighted by atomic mass is 19.1. The normalized spacial score (nSPS) is 10.2. The Morgan fingerprint density at radius 1 is 1.38 bits per heavy atom. The van der Waals surface area contributed by atoms with Crippen LogP contribution in [0.1, 0.15) is 18.4 Å². The van der Waals surface area contributed by atoms with Crippen LogP contribution in [0.5, 0.6) is 5.75 Å². The minimum Gasteiger partial charge on any atom is -0.491 e. The number of carboxylic acid groups (broad SMARTS) is 1. The van der Waals surface area contributed by atoms with Crippen LogP contribution in [-0.2, 0) is 11.2 Å². The van der Waals surface area contributed by atoms with Crippen LogP contribution in [0.3, 0.4) is 0 Å². The standard InChI is InChI=1S/C11H12F2O3/c1-16-11-8(12)5-7(6-9(11)13)3-2-4-10(14)15/h5-6H,2-4H2,1H3,(H,14,15). The molecule has 3 nitrogen and oxygen atoms in total. The molecule has 0 unspecified atom stereocenters. The Labute approximate surface area is 91.7 Å². The van der Waals surface area contributed by atoms with Crippen molar-refractivity contribution in [3.05, 3.63) is 29.3 Å². The third-order valence-corrected chi connectivity index (χ3v) is 2.12. The highest BCUT2D eigenvalue weighted by Crippen LogP contribution is 2.23. The van der Waals surface area contributed by atoms with Gasteiger partial charge in [-0.3, -0.25) is 4.79 Å². The molecule has 1 N–H and O–H groups in total. The molecule has 0 fully saturated rings. The summed E-state index contributed by atoms with van der Waals surface area (Å²) in [6, 6.07) is 2.31. The van der Waals surface area contributed by atoms with Gasteiger partial charge >= 0.3 is 5.97 Å². The number of halogens is 2. The fraction of sp³-hybridized carbons (Fsp3) is 0.364. The van der Waals surface area contributed by atoms with E-state index in [4.69, 9.17) is 5.11 Å². The van der Waals surface area contributed by atoms with Crippen molar-refractivity contribution >= 4 is 5.97 Å². The lowest BCUT2D eigenvalue weighted by atomic mass is 10.1. The Morgan fingerprint density at radius 2 is 1.94 bits per heavy atom. The van der Waals surface area contributed by atoms with Gasteiger partial charge < -0.3 is 9.84 Å². The highest BCUT2D eigenvalue weighted by Gasteiger charge is 2.11. The number of carbonyl (C=O) groups is 1. The monoisotopic (exact) mass is 230 g/mol. The molecule has 1 aromatic rings. The second kappa shape index (κ2) is 5.44. The Balaban J connectivity index is 2.72. The van der Waals surface area contributed by atoms with Crippen LogP contribution < -0.4 is 4.74 Å². The van der Waals surface area contributed by atoms with E-state index in [1.54, 1.807) is 0 Å². The molecule has 0 atom stereocenters. The second-order valence-electron chi connectivity index (χ2n) is 3.34. The summed E-state index contributed by atoms with van der Waals surface area (Å²) in [7, 11) is 1.19. The molecule has 1 rings (SSSR count). The van der Waals surface area contributed by atoms with Gasteiger partial charge in [0.1, 0.15) is 0 Å². The molecule has 1 aromatic carbocycles. The first-order valence-electron chi connectivity index (χ1n) is 4.78. The molecule has 0 aromatic heterocycles. The van der Waals surface area contributed by atoms with Crippen LogP contribution in [0.2, 0.25) is 0 Å². The predicted octanol–water partition coefficient (Wildman–Crippen LogP) is 2.38. The molecule has 0 radical (unpaired) electrons. The molecule has 0 bridgehead atoms. The SMILES string of the molecule is COc1c(F)cc(CCCC(=O)O)cc1F. The van der Waals surface area contributed by atoms with Gasteiger partial charge in [-0.25, -0.2) is 8.78 Å². The summed E-state index contributed by atoms with van der Waals surface area (Å²) in [6.45, 7) is 0. The van der Waals surface area contributed by atoms with Crippen molar-refractivity contribution < 1.29 is 23.4 Å². The molecule has 16 heavy (non-hydrogen) atoms. The van der Waals surface area contributed by atoms with Gasteiger partial charge in [-0.15, -0.1) is 0 Å². The first-order valence-corrected chi connectivity index (χ1v) is 4.78. The van der Waals surface area contributed by atoms with Crippen LogP contribution in [0.4, 0.5) is 8.78 Å². The number of ether oxygens (including phenoxy) is 1. The van der Waals surface area contributed by atoms with Crippen LogP contribution >= 0.6 is 0 Å². The minimum absolute atomic E-state index is 0.0186. The van der Waals surface area contributed by atoms with E-state index in [1.807, 2.05) is 0 Å². The quantitative estimate of drug-likeness (QED) is 0.844. The van der Waals surface area contributed by atoms with Gasteiger partial charge in [0.25, 0.3) is 0 Å². The number of benzene rings is 1. The first-order chi connectivity index (χ1) is 7.54. The number of aryl methyl sites for hydroxylation is 1. The number of hydrogen-bond donors (Lipinski definition) is 1. The number of aliphatic carboxylic acids is 1. The van der Waals surface area contributed by atoms with Crippen molar-refractivity contribution in [1.82, 2.24) is 0 Å². The van der Waals surface area contributed by atoms with E-state index in [2.05, 4.69) is 4.74 Å². The fourth-order valence-corrected chi connectivity index (χ4v) is 1.40. The van der Waals surface area contributed by atoms with Gasteiger partial charge in [0.05, 0.1) is 7.11 Å². The lowest BCUT2D eigenvalue weighted by Crippen LogP contribution is -1.98. The zero-order chi connectivity index (χ0) is 12.1. The molecule has 88 valence electrons. The summed E-state index contributed by atoms with van der Waals surface area (Å²) >= 11 is 0. The van der Waals surface area contributed by atoms with Crippen LogP contribution in [0.15, 0.2) is 12.1 Å². The summed E-state index contributed by atoms with van der Waals surface area (Å²) in [4.78, 5) is 10.3. The van der Waals surface area contributed by atoms with E-state index in [0.29, 0.717) is 18.4 Å². The van der Waals surface area contributed by atoms with Crippen molar-refractivity contribution in [2.75, 3.05) is 7.11 Å². The summed E-state index contributed by atoms with van der Waals surface area (Å²) in [5.41, 5.74) is 0.428. The Hall–Kier alpha value is -1.65. The molecule has 0 spiro atoms. The Bertz CT molecular complexity index is 368. The van der Waals surface area contributed by atoms with E-state index in [-0.39, 0.29) is 6.42 Å².